The van der Waals surface area contributed by atoms with Gasteiger partial charge >= 0.3 is 0 Å². The largest absolute Gasteiger partial charge is 0.398 e. The van der Waals surface area contributed by atoms with E-state index in [1.54, 1.807) is 26.0 Å². The van der Waals surface area contributed by atoms with E-state index in [2.05, 4.69) is 4.72 Å². The molecule has 0 aliphatic rings. The highest BCUT2D eigenvalue weighted by Crippen LogP contribution is 2.24. The van der Waals surface area contributed by atoms with Crippen molar-refractivity contribution >= 4 is 15.7 Å². The lowest BCUT2D eigenvalue weighted by Crippen LogP contribution is -2.27. The maximum atomic E-state index is 12.2. The molecule has 0 spiro atoms. The molecule has 1 aromatic carbocycles. The molecule has 0 heterocycles. The molecule has 6 heteroatoms. The van der Waals surface area contributed by atoms with Gasteiger partial charge in [-0.1, -0.05) is 6.07 Å². The third kappa shape index (κ3) is 4.19. The van der Waals surface area contributed by atoms with Crippen molar-refractivity contribution in [1.29, 1.82) is 0 Å². The summed E-state index contributed by atoms with van der Waals surface area (Å²) in [6.45, 7) is 5.56. The second-order valence-electron chi connectivity index (χ2n) is 4.81. The lowest BCUT2D eigenvalue weighted by Gasteiger charge is -2.13. The Morgan fingerprint density at radius 3 is 2.58 bits per heavy atom. The van der Waals surface area contributed by atoms with Crippen molar-refractivity contribution in [2.24, 2.45) is 0 Å². The summed E-state index contributed by atoms with van der Waals surface area (Å²) in [5, 5.41) is 9.13. The molecule has 0 amide bonds. The van der Waals surface area contributed by atoms with Crippen LogP contribution in [0.15, 0.2) is 17.0 Å². The number of sulfonamides is 1. The minimum atomic E-state index is -3.60. The average molecular weight is 286 g/mol. The van der Waals surface area contributed by atoms with E-state index in [9.17, 15) is 8.42 Å². The van der Waals surface area contributed by atoms with Crippen LogP contribution in [0.2, 0.25) is 0 Å². The van der Waals surface area contributed by atoms with Crippen LogP contribution < -0.4 is 10.5 Å². The number of hydrogen-bond acceptors (Lipinski definition) is 4. The molecule has 0 saturated heterocycles. The fraction of sp³-hybridized carbons (Fsp3) is 0.538. The maximum absolute atomic E-state index is 12.2. The van der Waals surface area contributed by atoms with Crippen molar-refractivity contribution < 1.29 is 13.5 Å². The highest BCUT2D eigenvalue weighted by Gasteiger charge is 2.20. The van der Waals surface area contributed by atoms with Crippen molar-refractivity contribution in [3.05, 3.63) is 23.3 Å². The molecule has 0 fully saturated rings. The van der Waals surface area contributed by atoms with Crippen LogP contribution in [0.3, 0.4) is 0 Å². The molecule has 0 aliphatic carbocycles. The number of aliphatic hydroxyl groups excluding tert-OH is 1. The Morgan fingerprint density at radius 1 is 1.37 bits per heavy atom. The molecule has 4 N–H and O–H groups in total. The zero-order valence-electron chi connectivity index (χ0n) is 11.6. The Kier molecular flexibility index (Phi) is 5.34. The number of aliphatic hydroxyl groups is 1. The Bertz CT molecular complexity index is 539. The summed E-state index contributed by atoms with van der Waals surface area (Å²) >= 11 is 0. The predicted molar refractivity (Wildman–Crippen MR) is 76.4 cm³/mol. The molecule has 108 valence electrons. The zero-order valence-corrected chi connectivity index (χ0v) is 12.4. The molecule has 1 unspecified atom stereocenters. The van der Waals surface area contributed by atoms with Crippen molar-refractivity contribution in [2.45, 2.75) is 44.6 Å². The van der Waals surface area contributed by atoms with Gasteiger partial charge in [-0.2, -0.15) is 0 Å². The van der Waals surface area contributed by atoms with Gasteiger partial charge in [0.15, 0.2) is 0 Å². The lowest BCUT2D eigenvalue weighted by molar-refractivity contribution is 0.182. The Hall–Kier alpha value is -1.11. The molecule has 0 aromatic heterocycles. The van der Waals surface area contributed by atoms with E-state index in [0.29, 0.717) is 24.9 Å². The van der Waals surface area contributed by atoms with Gasteiger partial charge in [-0.3, -0.25) is 0 Å². The minimum absolute atomic E-state index is 0.157. The first-order valence-corrected chi connectivity index (χ1v) is 7.77. The van der Waals surface area contributed by atoms with Crippen LogP contribution in [-0.2, 0) is 10.0 Å². The summed E-state index contributed by atoms with van der Waals surface area (Å²) in [4.78, 5) is 0.157. The first-order valence-electron chi connectivity index (χ1n) is 6.29. The average Bonchev–Trinajstić information content (AvgIpc) is 2.29. The Balaban J connectivity index is 2.86. The van der Waals surface area contributed by atoms with E-state index in [-0.39, 0.29) is 10.6 Å². The highest BCUT2D eigenvalue weighted by molar-refractivity contribution is 7.89. The Morgan fingerprint density at radius 2 is 2.00 bits per heavy atom. The van der Waals surface area contributed by atoms with E-state index in [4.69, 9.17) is 10.8 Å². The number of rotatable bonds is 6. The highest BCUT2D eigenvalue weighted by atomic mass is 32.2. The second-order valence-corrected chi connectivity index (χ2v) is 6.52. The fourth-order valence-corrected chi connectivity index (χ4v) is 3.34. The molecule has 1 rings (SSSR count). The number of nitrogens with two attached hydrogens (primary N) is 1. The topological polar surface area (TPSA) is 92.4 Å². The van der Waals surface area contributed by atoms with Crippen LogP contribution in [0.1, 0.15) is 30.9 Å². The summed E-state index contributed by atoms with van der Waals surface area (Å²) < 4.78 is 27.0. The molecular formula is C13H22N2O3S. The zero-order chi connectivity index (χ0) is 14.6. The quantitative estimate of drug-likeness (QED) is 0.543. The first kappa shape index (κ1) is 15.9. The minimum Gasteiger partial charge on any atom is -0.398 e. The first-order chi connectivity index (χ1) is 8.75. The van der Waals surface area contributed by atoms with Gasteiger partial charge in [-0.15, -0.1) is 0 Å². The van der Waals surface area contributed by atoms with Crippen LogP contribution in [0, 0.1) is 13.8 Å². The Labute approximate surface area is 114 Å². The van der Waals surface area contributed by atoms with Crippen LogP contribution in [0.5, 0.6) is 0 Å². The van der Waals surface area contributed by atoms with Crippen LogP contribution >= 0.6 is 0 Å². The molecule has 0 radical (unpaired) electrons. The van der Waals surface area contributed by atoms with Crippen molar-refractivity contribution in [1.82, 2.24) is 4.72 Å². The fourth-order valence-electron chi connectivity index (χ4n) is 1.84. The van der Waals surface area contributed by atoms with Gasteiger partial charge in [-0.05, 0) is 50.8 Å². The van der Waals surface area contributed by atoms with Gasteiger partial charge in [0.05, 0.1) is 11.8 Å². The van der Waals surface area contributed by atoms with Gasteiger partial charge in [0.1, 0.15) is 4.90 Å². The number of nitrogens with one attached hydrogen (secondary N) is 1. The number of benzene rings is 1. The van der Waals surface area contributed by atoms with Crippen LogP contribution in [0.25, 0.3) is 0 Å². The summed E-state index contributed by atoms with van der Waals surface area (Å²) in [6, 6.07) is 3.41. The summed E-state index contributed by atoms with van der Waals surface area (Å²) in [6.07, 6.45) is 0.724. The standard InChI is InChI=1S/C13H22N2O3S/c1-9-6-7-12(14)13(11(9)3)19(17,18)15-8-4-5-10(2)16/h6-7,10,15-16H,4-5,8,14H2,1-3H3. The smallest absolute Gasteiger partial charge is 0.242 e. The third-order valence-corrected chi connectivity index (χ3v) is 4.73. The van der Waals surface area contributed by atoms with Gasteiger partial charge in [0.2, 0.25) is 10.0 Å². The van der Waals surface area contributed by atoms with Crippen molar-refractivity contribution in [3.8, 4) is 0 Å². The molecule has 0 bridgehead atoms. The van der Waals surface area contributed by atoms with Crippen molar-refractivity contribution in [2.75, 3.05) is 12.3 Å². The summed E-state index contributed by atoms with van der Waals surface area (Å²) in [5.41, 5.74) is 7.58. The SMILES string of the molecule is Cc1ccc(N)c(S(=O)(=O)NCCCC(C)O)c1C. The van der Waals surface area contributed by atoms with E-state index >= 15 is 0 Å². The normalized spacial score (nSPS) is 13.5. The van der Waals surface area contributed by atoms with E-state index in [1.165, 1.54) is 0 Å². The molecule has 0 saturated carbocycles. The monoisotopic (exact) mass is 286 g/mol. The molecule has 1 aromatic rings. The lowest BCUT2D eigenvalue weighted by atomic mass is 10.1. The van der Waals surface area contributed by atoms with E-state index in [1.807, 2.05) is 6.92 Å². The van der Waals surface area contributed by atoms with Gasteiger partial charge in [0.25, 0.3) is 0 Å². The van der Waals surface area contributed by atoms with Gasteiger partial charge < -0.3 is 10.8 Å². The van der Waals surface area contributed by atoms with Gasteiger partial charge in [-0.25, -0.2) is 13.1 Å². The van der Waals surface area contributed by atoms with Crippen LogP contribution in [-0.4, -0.2) is 26.2 Å². The van der Waals surface area contributed by atoms with Gasteiger partial charge in [0, 0.05) is 6.54 Å². The molecule has 5 nitrogen and oxygen atoms in total. The third-order valence-electron chi connectivity index (χ3n) is 3.07. The van der Waals surface area contributed by atoms with E-state index in [0.717, 1.165) is 5.56 Å². The second kappa shape index (κ2) is 6.36. The summed E-state index contributed by atoms with van der Waals surface area (Å²) in [7, 11) is -3.60. The predicted octanol–water partition coefficient (Wildman–Crippen LogP) is 1.32. The number of hydrogen-bond donors (Lipinski definition) is 3. The van der Waals surface area contributed by atoms with Crippen molar-refractivity contribution in [3.63, 3.8) is 0 Å². The maximum Gasteiger partial charge on any atom is 0.242 e. The summed E-state index contributed by atoms with van der Waals surface area (Å²) in [5.74, 6) is 0. The molecular weight excluding hydrogens is 264 g/mol. The number of nitrogen functional groups attached to an aromatic ring is 1. The van der Waals surface area contributed by atoms with E-state index < -0.39 is 16.1 Å². The number of anilines is 1. The molecule has 19 heavy (non-hydrogen) atoms. The van der Waals surface area contributed by atoms with Crippen LogP contribution in [0.4, 0.5) is 5.69 Å². The molecule has 0 aliphatic heterocycles. The molecule has 1 atom stereocenters. The number of aryl methyl sites for hydroxylation is 1.